The van der Waals surface area contributed by atoms with Crippen molar-refractivity contribution in [1.82, 2.24) is 9.97 Å². The molecule has 2 rings (SSSR count). The van der Waals surface area contributed by atoms with Gasteiger partial charge in [-0.05, 0) is 19.1 Å². The molecule has 0 saturated heterocycles. The van der Waals surface area contributed by atoms with E-state index in [1.54, 1.807) is 6.07 Å². The SMILES string of the molecule is Cc1nc(N)cc(NCCOc2ccccc2)n1. The van der Waals surface area contributed by atoms with Crippen molar-refractivity contribution in [3.63, 3.8) is 0 Å². The Kier molecular flexibility index (Phi) is 3.96. The van der Waals surface area contributed by atoms with E-state index in [-0.39, 0.29) is 0 Å². The van der Waals surface area contributed by atoms with Gasteiger partial charge in [-0.1, -0.05) is 18.2 Å². The average molecular weight is 244 g/mol. The molecule has 2 aromatic rings. The number of nitrogens with two attached hydrogens (primary N) is 1. The number of para-hydroxylation sites is 1. The highest BCUT2D eigenvalue weighted by atomic mass is 16.5. The Hall–Kier alpha value is -2.30. The molecule has 0 bridgehead atoms. The minimum absolute atomic E-state index is 0.467. The van der Waals surface area contributed by atoms with Gasteiger partial charge in [-0.15, -0.1) is 0 Å². The first-order chi connectivity index (χ1) is 8.74. The third kappa shape index (κ3) is 3.62. The molecule has 0 radical (unpaired) electrons. The van der Waals surface area contributed by atoms with E-state index in [1.165, 1.54) is 0 Å². The molecule has 0 fully saturated rings. The largest absolute Gasteiger partial charge is 0.492 e. The van der Waals surface area contributed by atoms with E-state index in [2.05, 4.69) is 15.3 Å². The molecule has 0 aliphatic carbocycles. The summed E-state index contributed by atoms with van der Waals surface area (Å²) in [6.07, 6.45) is 0. The first-order valence-corrected chi connectivity index (χ1v) is 5.77. The molecule has 0 unspecified atom stereocenters. The summed E-state index contributed by atoms with van der Waals surface area (Å²) in [7, 11) is 0. The van der Waals surface area contributed by atoms with Crippen molar-refractivity contribution in [2.45, 2.75) is 6.92 Å². The zero-order valence-electron chi connectivity index (χ0n) is 10.3. The lowest BCUT2D eigenvalue weighted by Crippen LogP contribution is -2.13. The molecule has 5 heteroatoms. The fourth-order valence-electron chi connectivity index (χ4n) is 1.55. The number of nitrogen functional groups attached to an aromatic ring is 1. The number of hydrogen-bond donors (Lipinski definition) is 2. The van der Waals surface area contributed by atoms with Crippen LogP contribution in [-0.2, 0) is 0 Å². The lowest BCUT2D eigenvalue weighted by Gasteiger charge is -2.08. The summed E-state index contributed by atoms with van der Waals surface area (Å²) >= 11 is 0. The number of ether oxygens (including phenoxy) is 1. The van der Waals surface area contributed by atoms with Crippen molar-refractivity contribution >= 4 is 11.6 Å². The number of aromatic nitrogens is 2. The molecule has 1 heterocycles. The van der Waals surface area contributed by atoms with E-state index in [0.29, 0.717) is 24.8 Å². The van der Waals surface area contributed by atoms with Crippen LogP contribution in [0.2, 0.25) is 0 Å². The molecule has 0 saturated carbocycles. The van der Waals surface area contributed by atoms with Crippen LogP contribution in [-0.4, -0.2) is 23.1 Å². The van der Waals surface area contributed by atoms with Gasteiger partial charge < -0.3 is 15.8 Å². The van der Waals surface area contributed by atoms with Crippen molar-refractivity contribution in [3.05, 3.63) is 42.2 Å². The second-order valence-electron chi connectivity index (χ2n) is 3.81. The Morgan fingerprint density at radius 2 is 2.00 bits per heavy atom. The quantitative estimate of drug-likeness (QED) is 0.785. The van der Waals surface area contributed by atoms with Gasteiger partial charge in [0.05, 0.1) is 6.54 Å². The number of rotatable bonds is 5. The van der Waals surface area contributed by atoms with Crippen LogP contribution in [0.4, 0.5) is 11.6 Å². The average Bonchev–Trinajstić information content (AvgIpc) is 2.35. The maximum absolute atomic E-state index is 5.63. The minimum Gasteiger partial charge on any atom is -0.492 e. The van der Waals surface area contributed by atoms with E-state index >= 15 is 0 Å². The van der Waals surface area contributed by atoms with Crippen LogP contribution in [0.1, 0.15) is 5.82 Å². The van der Waals surface area contributed by atoms with Gasteiger partial charge in [0, 0.05) is 6.07 Å². The molecule has 1 aromatic carbocycles. The van der Waals surface area contributed by atoms with Crippen LogP contribution in [0.3, 0.4) is 0 Å². The van der Waals surface area contributed by atoms with E-state index in [4.69, 9.17) is 10.5 Å². The van der Waals surface area contributed by atoms with Gasteiger partial charge in [0.25, 0.3) is 0 Å². The van der Waals surface area contributed by atoms with Crippen LogP contribution in [0, 0.1) is 6.92 Å². The highest BCUT2D eigenvalue weighted by molar-refractivity contribution is 5.44. The molecule has 0 spiro atoms. The molecule has 3 N–H and O–H groups in total. The Morgan fingerprint density at radius 3 is 2.72 bits per heavy atom. The van der Waals surface area contributed by atoms with Crippen LogP contribution in [0.15, 0.2) is 36.4 Å². The second kappa shape index (κ2) is 5.86. The fourth-order valence-corrected chi connectivity index (χ4v) is 1.55. The number of hydrogen-bond acceptors (Lipinski definition) is 5. The van der Waals surface area contributed by atoms with Crippen molar-refractivity contribution in [2.24, 2.45) is 0 Å². The van der Waals surface area contributed by atoms with E-state index in [9.17, 15) is 0 Å². The Labute approximate surface area is 106 Å². The van der Waals surface area contributed by atoms with Crippen LogP contribution >= 0.6 is 0 Å². The lowest BCUT2D eigenvalue weighted by atomic mass is 10.3. The van der Waals surface area contributed by atoms with E-state index in [0.717, 1.165) is 11.6 Å². The number of aryl methyl sites for hydroxylation is 1. The standard InChI is InChI=1S/C13H16N4O/c1-10-16-12(14)9-13(17-10)15-7-8-18-11-5-3-2-4-6-11/h2-6,9H,7-8H2,1H3,(H3,14,15,16,17). The summed E-state index contributed by atoms with van der Waals surface area (Å²) in [6.45, 7) is 3.03. The third-order valence-corrected chi connectivity index (χ3v) is 2.28. The maximum Gasteiger partial charge on any atom is 0.131 e. The van der Waals surface area contributed by atoms with Crippen molar-refractivity contribution < 1.29 is 4.74 Å². The molecule has 0 amide bonds. The van der Waals surface area contributed by atoms with Gasteiger partial charge >= 0.3 is 0 Å². The number of nitrogens with one attached hydrogen (secondary N) is 1. The predicted molar refractivity (Wildman–Crippen MR) is 71.6 cm³/mol. The Balaban J connectivity index is 1.78. The highest BCUT2D eigenvalue weighted by Gasteiger charge is 1.98. The number of benzene rings is 1. The summed E-state index contributed by atoms with van der Waals surface area (Å²) in [6, 6.07) is 11.4. The molecule has 94 valence electrons. The molecule has 18 heavy (non-hydrogen) atoms. The zero-order valence-corrected chi connectivity index (χ0v) is 10.3. The first kappa shape index (κ1) is 12.2. The summed E-state index contributed by atoms with van der Waals surface area (Å²) in [5.74, 6) is 2.70. The highest BCUT2D eigenvalue weighted by Crippen LogP contribution is 2.09. The molecule has 0 aliphatic heterocycles. The predicted octanol–water partition coefficient (Wildman–Crippen LogP) is 1.86. The van der Waals surface area contributed by atoms with Crippen molar-refractivity contribution in [3.8, 4) is 5.75 Å². The molecule has 5 nitrogen and oxygen atoms in total. The Morgan fingerprint density at radius 1 is 1.22 bits per heavy atom. The monoisotopic (exact) mass is 244 g/mol. The van der Waals surface area contributed by atoms with Crippen molar-refractivity contribution in [2.75, 3.05) is 24.2 Å². The van der Waals surface area contributed by atoms with Gasteiger partial charge in [0.2, 0.25) is 0 Å². The minimum atomic E-state index is 0.467. The molecule has 0 atom stereocenters. The topological polar surface area (TPSA) is 73.1 Å². The van der Waals surface area contributed by atoms with Gasteiger partial charge in [-0.2, -0.15) is 0 Å². The van der Waals surface area contributed by atoms with Crippen LogP contribution < -0.4 is 15.8 Å². The van der Waals surface area contributed by atoms with Gasteiger partial charge in [0.1, 0.15) is 29.8 Å². The number of nitrogens with zero attached hydrogens (tertiary/aromatic N) is 2. The van der Waals surface area contributed by atoms with Crippen LogP contribution in [0.25, 0.3) is 0 Å². The zero-order chi connectivity index (χ0) is 12.8. The van der Waals surface area contributed by atoms with Crippen molar-refractivity contribution in [1.29, 1.82) is 0 Å². The molecule has 1 aromatic heterocycles. The van der Waals surface area contributed by atoms with Gasteiger partial charge in [-0.25, -0.2) is 9.97 Å². The fraction of sp³-hybridized carbons (Fsp3) is 0.231. The third-order valence-electron chi connectivity index (χ3n) is 2.28. The first-order valence-electron chi connectivity index (χ1n) is 5.77. The summed E-state index contributed by atoms with van der Waals surface area (Å²) in [4.78, 5) is 8.23. The molecular formula is C13H16N4O. The smallest absolute Gasteiger partial charge is 0.131 e. The van der Waals surface area contributed by atoms with Crippen LogP contribution in [0.5, 0.6) is 5.75 Å². The second-order valence-corrected chi connectivity index (χ2v) is 3.81. The summed E-state index contributed by atoms with van der Waals surface area (Å²) < 4.78 is 5.55. The summed E-state index contributed by atoms with van der Waals surface area (Å²) in [5, 5.41) is 3.14. The van der Waals surface area contributed by atoms with Gasteiger partial charge in [0.15, 0.2) is 0 Å². The van der Waals surface area contributed by atoms with E-state index < -0.39 is 0 Å². The maximum atomic E-state index is 5.63. The molecular weight excluding hydrogens is 228 g/mol. The Bertz CT molecular complexity index is 481. The summed E-state index contributed by atoms with van der Waals surface area (Å²) in [5.41, 5.74) is 5.63. The molecule has 0 aliphatic rings. The normalized spacial score (nSPS) is 10.1. The lowest BCUT2D eigenvalue weighted by molar-refractivity contribution is 0.333. The van der Waals surface area contributed by atoms with Gasteiger partial charge in [-0.3, -0.25) is 0 Å². The van der Waals surface area contributed by atoms with E-state index in [1.807, 2.05) is 37.3 Å². The number of anilines is 2.